The Labute approximate surface area is 176 Å². The highest BCUT2D eigenvalue weighted by molar-refractivity contribution is 5.79. The first kappa shape index (κ1) is 19.6. The molecule has 0 spiro atoms. The maximum Gasteiger partial charge on any atom is 0.226 e. The van der Waals surface area contributed by atoms with Gasteiger partial charge in [-0.1, -0.05) is 60.7 Å². The standard InChI is InChI=1S/C26H23NO3/c1-19-24(27-26(30-19)21-11-6-3-7-12-21)15-16-29-25-14-8-13-22(18-28)23(25)17-20-9-4-2-5-10-20/h2-14,18H,15-17H2,1H3. The highest BCUT2D eigenvalue weighted by atomic mass is 16.5. The predicted molar refractivity (Wildman–Crippen MR) is 117 cm³/mol. The first-order valence-electron chi connectivity index (χ1n) is 10.00. The lowest BCUT2D eigenvalue weighted by Crippen LogP contribution is -2.06. The van der Waals surface area contributed by atoms with E-state index in [2.05, 4.69) is 17.1 Å². The van der Waals surface area contributed by atoms with Crippen molar-refractivity contribution in [1.29, 1.82) is 0 Å². The number of nitrogens with zero attached hydrogens (tertiary/aromatic N) is 1. The highest BCUT2D eigenvalue weighted by Crippen LogP contribution is 2.26. The van der Waals surface area contributed by atoms with E-state index < -0.39 is 0 Å². The summed E-state index contributed by atoms with van der Waals surface area (Å²) in [5, 5.41) is 0. The fourth-order valence-electron chi connectivity index (χ4n) is 3.44. The Hall–Kier alpha value is -3.66. The lowest BCUT2D eigenvalue weighted by molar-refractivity contribution is 0.112. The minimum atomic E-state index is 0.450. The van der Waals surface area contributed by atoms with Crippen molar-refractivity contribution in [3.8, 4) is 17.2 Å². The molecule has 4 heteroatoms. The van der Waals surface area contributed by atoms with Crippen LogP contribution in [0.5, 0.6) is 5.75 Å². The van der Waals surface area contributed by atoms with Gasteiger partial charge in [0.05, 0.1) is 12.3 Å². The first-order chi connectivity index (χ1) is 14.7. The number of ether oxygens (including phenoxy) is 1. The van der Waals surface area contributed by atoms with Crippen LogP contribution in [0.15, 0.2) is 83.3 Å². The van der Waals surface area contributed by atoms with Gasteiger partial charge in [-0.15, -0.1) is 0 Å². The van der Waals surface area contributed by atoms with E-state index in [0.717, 1.165) is 40.2 Å². The van der Waals surface area contributed by atoms with Crippen molar-refractivity contribution in [2.75, 3.05) is 6.61 Å². The zero-order chi connectivity index (χ0) is 20.8. The SMILES string of the molecule is Cc1oc(-c2ccccc2)nc1CCOc1cccc(C=O)c1Cc1ccccc1. The summed E-state index contributed by atoms with van der Waals surface area (Å²) in [7, 11) is 0. The lowest BCUT2D eigenvalue weighted by atomic mass is 9.99. The van der Waals surface area contributed by atoms with Crippen LogP contribution in [0, 0.1) is 6.92 Å². The molecule has 0 saturated carbocycles. The van der Waals surface area contributed by atoms with Gasteiger partial charge in [-0.25, -0.2) is 4.98 Å². The second-order valence-corrected chi connectivity index (χ2v) is 7.09. The van der Waals surface area contributed by atoms with Gasteiger partial charge in [0.2, 0.25) is 5.89 Å². The Balaban J connectivity index is 1.48. The Morgan fingerprint density at radius 1 is 0.933 bits per heavy atom. The quantitative estimate of drug-likeness (QED) is 0.359. The van der Waals surface area contributed by atoms with Crippen molar-refractivity contribution in [2.24, 2.45) is 0 Å². The molecular weight excluding hydrogens is 374 g/mol. The number of hydrogen-bond donors (Lipinski definition) is 0. The molecule has 0 fully saturated rings. The minimum Gasteiger partial charge on any atom is -0.493 e. The number of aromatic nitrogens is 1. The van der Waals surface area contributed by atoms with Gasteiger partial charge in [0.25, 0.3) is 0 Å². The number of oxazole rings is 1. The summed E-state index contributed by atoms with van der Waals surface area (Å²) in [5.74, 6) is 2.15. The van der Waals surface area contributed by atoms with Crippen molar-refractivity contribution in [3.05, 3.63) is 107 Å². The van der Waals surface area contributed by atoms with Gasteiger partial charge < -0.3 is 9.15 Å². The average molecular weight is 397 g/mol. The van der Waals surface area contributed by atoms with Crippen LogP contribution < -0.4 is 4.74 Å². The van der Waals surface area contributed by atoms with Crippen LogP contribution in [0.2, 0.25) is 0 Å². The van der Waals surface area contributed by atoms with Gasteiger partial charge >= 0.3 is 0 Å². The molecule has 4 rings (SSSR count). The van der Waals surface area contributed by atoms with Crippen molar-refractivity contribution in [2.45, 2.75) is 19.8 Å². The number of rotatable bonds is 8. The Bertz CT molecular complexity index is 1120. The molecule has 0 amide bonds. The summed E-state index contributed by atoms with van der Waals surface area (Å²) in [6, 6.07) is 25.5. The summed E-state index contributed by atoms with van der Waals surface area (Å²) < 4.78 is 11.9. The fourth-order valence-corrected chi connectivity index (χ4v) is 3.44. The van der Waals surface area contributed by atoms with E-state index >= 15 is 0 Å². The van der Waals surface area contributed by atoms with Crippen molar-refractivity contribution in [1.82, 2.24) is 4.98 Å². The Morgan fingerprint density at radius 3 is 2.40 bits per heavy atom. The molecule has 0 atom stereocenters. The molecule has 0 unspecified atom stereocenters. The van der Waals surface area contributed by atoms with Gasteiger partial charge in [0.1, 0.15) is 17.8 Å². The monoisotopic (exact) mass is 397 g/mol. The molecule has 1 heterocycles. The van der Waals surface area contributed by atoms with E-state index in [9.17, 15) is 4.79 Å². The molecule has 0 saturated heterocycles. The van der Waals surface area contributed by atoms with E-state index in [-0.39, 0.29) is 0 Å². The zero-order valence-electron chi connectivity index (χ0n) is 16.9. The molecule has 0 aliphatic carbocycles. The largest absolute Gasteiger partial charge is 0.493 e. The molecule has 150 valence electrons. The summed E-state index contributed by atoms with van der Waals surface area (Å²) in [6.45, 7) is 2.37. The Morgan fingerprint density at radius 2 is 1.67 bits per heavy atom. The topological polar surface area (TPSA) is 52.3 Å². The third kappa shape index (κ3) is 4.49. The number of carbonyl (C=O) groups excluding carboxylic acids is 1. The highest BCUT2D eigenvalue weighted by Gasteiger charge is 2.13. The van der Waals surface area contributed by atoms with Gasteiger partial charge in [0, 0.05) is 29.5 Å². The second-order valence-electron chi connectivity index (χ2n) is 7.09. The van der Waals surface area contributed by atoms with Crippen molar-refractivity contribution < 1.29 is 13.9 Å². The number of carbonyl (C=O) groups is 1. The number of hydrogen-bond acceptors (Lipinski definition) is 4. The summed E-state index contributed by atoms with van der Waals surface area (Å²) in [5.41, 5.74) is 4.53. The minimum absolute atomic E-state index is 0.450. The van der Waals surface area contributed by atoms with Gasteiger partial charge in [-0.3, -0.25) is 4.79 Å². The van der Waals surface area contributed by atoms with E-state index in [1.807, 2.05) is 73.7 Å². The molecule has 4 nitrogen and oxygen atoms in total. The van der Waals surface area contributed by atoms with E-state index in [1.54, 1.807) is 0 Å². The molecule has 0 radical (unpaired) electrons. The molecule has 4 aromatic rings. The zero-order valence-corrected chi connectivity index (χ0v) is 16.9. The van der Waals surface area contributed by atoms with Gasteiger partial charge in [-0.05, 0) is 30.7 Å². The normalized spacial score (nSPS) is 10.7. The molecule has 0 bridgehead atoms. The van der Waals surface area contributed by atoms with Crippen LogP contribution >= 0.6 is 0 Å². The average Bonchev–Trinajstić information content (AvgIpc) is 3.16. The van der Waals surface area contributed by atoms with Crippen molar-refractivity contribution >= 4 is 6.29 Å². The lowest BCUT2D eigenvalue weighted by Gasteiger charge is -2.13. The van der Waals surface area contributed by atoms with Gasteiger partial charge in [0.15, 0.2) is 0 Å². The van der Waals surface area contributed by atoms with E-state index in [4.69, 9.17) is 9.15 Å². The van der Waals surface area contributed by atoms with Crippen LogP contribution in [0.3, 0.4) is 0 Å². The molecular formula is C26H23NO3. The van der Waals surface area contributed by atoms with E-state index in [0.29, 0.717) is 30.9 Å². The van der Waals surface area contributed by atoms with E-state index in [1.165, 1.54) is 0 Å². The maximum atomic E-state index is 11.6. The summed E-state index contributed by atoms with van der Waals surface area (Å²) in [4.78, 5) is 16.2. The van der Waals surface area contributed by atoms with Crippen LogP contribution in [-0.2, 0) is 12.8 Å². The number of aldehydes is 1. The molecule has 0 aliphatic rings. The molecule has 30 heavy (non-hydrogen) atoms. The molecule has 1 aromatic heterocycles. The first-order valence-corrected chi connectivity index (χ1v) is 10.00. The summed E-state index contributed by atoms with van der Waals surface area (Å²) in [6.07, 6.45) is 2.16. The number of aryl methyl sites for hydroxylation is 1. The maximum absolute atomic E-state index is 11.6. The predicted octanol–water partition coefficient (Wildman–Crippen LogP) is 5.67. The van der Waals surface area contributed by atoms with Crippen LogP contribution in [-0.4, -0.2) is 17.9 Å². The fraction of sp³-hybridized carbons (Fsp3) is 0.154. The van der Waals surface area contributed by atoms with Crippen LogP contribution in [0.25, 0.3) is 11.5 Å². The smallest absolute Gasteiger partial charge is 0.226 e. The van der Waals surface area contributed by atoms with Crippen LogP contribution in [0.1, 0.15) is 32.9 Å². The summed E-state index contributed by atoms with van der Waals surface area (Å²) >= 11 is 0. The molecule has 0 aliphatic heterocycles. The van der Waals surface area contributed by atoms with Crippen LogP contribution in [0.4, 0.5) is 0 Å². The third-order valence-electron chi connectivity index (χ3n) is 5.03. The van der Waals surface area contributed by atoms with Gasteiger partial charge in [-0.2, -0.15) is 0 Å². The molecule has 0 N–H and O–H groups in total. The molecule has 3 aromatic carbocycles. The van der Waals surface area contributed by atoms with Crippen molar-refractivity contribution in [3.63, 3.8) is 0 Å². The Kier molecular flexibility index (Phi) is 6.04. The number of benzene rings is 3. The third-order valence-corrected chi connectivity index (χ3v) is 5.03. The second kappa shape index (κ2) is 9.23.